The highest BCUT2D eigenvalue weighted by molar-refractivity contribution is 5.76. The zero-order valence-corrected chi connectivity index (χ0v) is 9.33. The van der Waals surface area contributed by atoms with E-state index in [1.165, 1.54) is 6.42 Å². The van der Waals surface area contributed by atoms with Crippen LogP contribution in [0.25, 0.3) is 0 Å². The molecule has 0 aromatic carbocycles. The lowest BCUT2D eigenvalue weighted by molar-refractivity contribution is -0.124. The van der Waals surface area contributed by atoms with E-state index in [9.17, 15) is 4.79 Å². The predicted octanol–water partition coefficient (Wildman–Crippen LogP) is 0.545. The number of carbonyl (C=O) groups excluding carboxylic acids is 1. The molecular weight excluding hydrogens is 204 g/mol. The highest BCUT2D eigenvalue weighted by Crippen LogP contribution is 2.42. The van der Waals surface area contributed by atoms with Crippen molar-refractivity contribution in [2.45, 2.75) is 32.2 Å². The van der Waals surface area contributed by atoms with Gasteiger partial charge in [-0.1, -0.05) is 6.42 Å². The molecule has 2 rings (SSSR count). The van der Waals surface area contributed by atoms with Gasteiger partial charge in [-0.2, -0.15) is 5.10 Å². The van der Waals surface area contributed by atoms with Crippen LogP contribution in [0.4, 0.5) is 0 Å². The molecule has 1 aromatic rings. The van der Waals surface area contributed by atoms with Crippen LogP contribution in [0.5, 0.6) is 0 Å². The van der Waals surface area contributed by atoms with Crippen molar-refractivity contribution in [3.05, 3.63) is 18.0 Å². The summed E-state index contributed by atoms with van der Waals surface area (Å²) < 4.78 is 0. The molecule has 0 atom stereocenters. The molecule has 1 saturated carbocycles. The number of carbonyl (C=O) groups is 1. The van der Waals surface area contributed by atoms with E-state index in [4.69, 9.17) is 5.73 Å². The Balaban J connectivity index is 1.76. The minimum atomic E-state index is 0.0838. The number of hydrogen-bond donors (Lipinski definition) is 3. The van der Waals surface area contributed by atoms with Crippen molar-refractivity contribution >= 4 is 5.91 Å². The topological polar surface area (TPSA) is 83.8 Å². The Morgan fingerprint density at radius 3 is 2.94 bits per heavy atom. The number of H-pyrrole nitrogens is 1. The Bertz CT molecular complexity index is 337. The molecule has 1 aliphatic rings. The van der Waals surface area contributed by atoms with Crippen LogP contribution in [0, 0.1) is 5.41 Å². The summed E-state index contributed by atoms with van der Waals surface area (Å²) in [5, 5.41) is 9.42. The van der Waals surface area contributed by atoms with Gasteiger partial charge >= 0.3 is 0 Å². The van der Waals surface area contributed by atoms with Gasteiger partial charge < -0.3 is 11.1 Å². The number of rotatable bonds is 5. The molecule has 4 N–H and O–H groups in total. The summed E-state index contributed by atoms with van der Waals surface area (Å²) in [6.45, 7) is 1.15. The molecule has 5 heteroatoms. The molecule has 1 amide bonds. The number of nitrogens with zero attached hydrogens (tertiary/aromatic N) is 1. The summed E-state index contributed by atoms with van der Waals surface area (Å²) in [5.74, 6) is 0.0892. The van der Waals surface area contributed by atoms with Gasteiger partial charge in [-0.05, 0) is 24.8 Å². The van der Waals surface area contributed by atoms with Gasteiger partial charge in [0.1, 0.15) is 0 Å². The van der Waals surface area contributed by atoms with Gasteiger partial charge in [-0.3, -0.25) is 9.89 Å². The van der Waals surface area contributed by atoms with Crippen LogP contribution in [0.2, 0.25) is 0 Å². The van der Waals surface area contributed by atoms with E-state index in [1.807, 2.05) is 0 Å². The molecule has 1 fully saturated rings. The lowest BCUT2D eigenvalue weighted by Gasteiger charge is -2.40. The van der Waals surface area contributed by atoms with E-state index in [2.05, 4.69) is 15.5 Å². The van der Waals surface area contributed by atoms with Gasteiger partial charge in [-0.25, -0.2) is 0 Å². The lowest BCUT2D eigenvalue weighted by Crippen LogP contribution is -2.41. The van der Waals surface area contributed by atoms with E-state index in [0.717, 1.165) is 18.4 Å². The molecule has 1 heterocycles. The second-order valence-corrected chi connectivity index (χ2v) is 4.62. The maximum atomic E-state index is 11.7. The second-order valence-electron chi connectivity index (χ2n) is 4.62. The van der Waals surface area contributed by atoms with Gasteiger partial charge in [0.25, 0.3) is 0 Å². The third-order valence-electron chi connectivity index (χ3n) is 3.43. The summed E-state index contributed by atoms with van der Waals surface area (Å²) in [6.07, 6.45) is 7.42. The first-order valence-electron chi connectivity index (χ1n) is 5.69. The van der Waals surface area contributed by atoms with Crippen LogP contribution in [0.3, 0.4) is 0 Å². The zero-order valence-electron chi connectivity index (χ0n) is 9.33. The van der Waals surface area contributed by atoms with E-state index in [1.54, 1.807) is 12.4 Å². The van der Waals surface area contributed by atoms with Crippen LogP contribution in [0.15, 0.2) is 12.4 Å². The largest absolute Gasteiger partial charge is 0.352 e. The summed E-state index contributed by atoms with van der Waals surface area (Å²) in [6, 6.07) is 0. The first kappa shape index (κ1) is 11.1. The number of nitrogens with two attached hydrogens (primary N) is 1. The van der Waals surface area contributed by atoms with Crippen molar-refractivity contribution < 1.29 is 4.79 Å². The van der Waals surface area contributed by atoms with Gasteiger partial charge in [0.2, 0.25) is 5.91 Å². The van der Waals surface area contributed by atoms with Gasteiger partial charge in [0, 0.05) is 24.7 Å². The molecule has 1 aromatic heterocycles. The normalized spacial score (nSPS) is 17.8. The molecule has 0 aliphatic heterocycles. The second kappa shape index (κ2) is 4.65. The Morgan fingerprint density at radius 2 is 2.44 bits per heavy atom. The van der Waals surface area contributed by atoms with Crippen molar-refractivity contribution in [3.8, 4) is 0 Å². The van der Waals surface area contributed by atoms with Gasteiger partial charge in [-0.15, -0.1) is 0 Å². The third-order valence-corrected chi connectivity index (χ3v) is 3.43. The fourth-order valence-corrected chi connectivity index (χ4v) is 2.11. The molecule has 0 unspecified atom stereocenters. The first-order valence-corrected chi connectivity index (χ1v) is 5.69. The van der Waals surface area contributed by atoms with Crippen molar-refractivity contribution in [3.63, 3.8) is 0 Å². The average molecular weight is 222 g/mol. The summed E-state index contributed by atoms with van der Waals surface area (Å²) in [7, 11) is 0. The maximum Gasteiger partial charge on any atom is 0.220 e. The van der Waals surface area contributed by atoms with Gasteiger partial charge in [0.05, 0.1) is 6.20 Å². The van der Waals surface area contributed by atoms with Crippen molar-refractivity contribution in [2.75, 3.05) is 6.54 Å². The van der Waals surface area contributed by atoms with E-state index in [0.29, 0.717) is 19.5 Å². The standard InChI is InChI=1S/C11H18N4O/c12-8-11(2-1-3-11)4-10(16)13-5-9-6-14-15-7-9/h6-7H,1-5,8,12H2,(H,13,16)(H,14,15). The van der Waals surface area contributed by atoms with Gasteiger partial charge in [0.15, 0.2) is 0 Å². The maximum absolute atomic E-state index is 11.7. The first-order chi connectivity index (χ1) is 7.74. The van der Waals surface area contributed by atoms with Crippen LogP contribution < -0.4 is 11.1 Å². The number of amides is 1. The lowest BCUT2D eigenvalue weighted by atomic mass is 9.66. The van der Waals surface area contributed by atoms with Crippen LogP contribution in [-0.4, -0.2) is 22.6 Å². The monoisotopic (exact) mass is 222 g/mol. The highest BCUT2D eigenvalue weighted by Gasteiger charge is 2.37. The van der Waals surface area contributed by atoms with E-state index in [-0.39, 0.29) is 11.3 Å². The SMILES string of the molecule is NCC1(CC(=O)NCc2cn[nH]c2)CCC1. The van der Waals surface area contributed by atoms with Crippen LogP contribution in [0.1, 0.15) is 31.2 Å². The fourth-order valence-electron chi connectivity index (χ4n) is 2.11. The molecule has 16 heavy (non-hydrogen) atoms. The Hall–Kier alpha value is -1.36. The summed E-state index contributed by atoms with van der Waals surface area (Å²) in [5.41, 5.74) is 6.79. The predicted molar refractivity (Wildman–Crippen MR) is 60.4 cm³/mol. The number of nitrogens with one attached hydrogen (secondary N) is 2. The molecule has 5 nitrogen and oxygen atoms in total. The number of aromatic nitrogens is 2. The molecular formula is C11H18N4O. The molecule has 0 bridgehead atoms. The van der Waals surface area contributed by atoms with E-state index < -0.39 is 0 Å². The van der Waals surface area contributed by atoms with Crippen molar-refractivity contribution in [1.29, 1.82) is 0 Å². The zero-order chi connectivity index (χ0) is 11.4. The minimum absolute atomic E-state index is 0.0838. The van der Waals surface area contributed by atoms with E-state index >= 15 is 0 Å². The quantitative estimate of drug-likeness (QED) is 0.680. The number of hydrogen-bond acceptors (Lipinski definition) is 3. The Labute approximate surface area is 94.8 Å². The van der Waals surface area contributed by atoms with Crippen LogP contribution in [-0.2, 0) is 11.3 Å². The molecule has 0 saturated heterocycles. The van der Waals surface area contributed by atoms with Crippen LogP contribution >= 0.6 is 0 Å². The Kier molecular flexibility index (Phi) is 3.24. The molecule has 0 spiro atoms. The highest BCUT2D eigenvalue weighted by atomic mass is 16.1. The van der Waals surface area contributed by atoms with Crippen molar-refractivity contribution in [1.82, 2.24) is 15.5 Å². The average Bonchev–Trinajstić information content (AvgIpc) is 2.73. The minimum Gasteiger partial charge on any atom is -0.352 e. The molecule has 88 valence electrons. The number of aromatic amines is 1. The Morgan fingerprint density at radius 1 is 1.62 bits per heavy atom. The van der Waals surface area contributed by atoms with Crippen molar-refractivity contribution in [2.24, 2.45) is 11.1 Å². The smallest absolute Gasteiger partial charge is 0.220 e. The molecule has 0 radical (unpaired) electrons. The summed E-state index contributed by atoms with van der Waals surface area (Å²) in [4.78, 5) is 11.7. The molecule has 1 aliphatic carbocycles. The fraction of sp³-hybridized carbons (Fsp3) is 0.636. The third kappa shape index (κ3) is 2.41. The summed E-state index contributed by atoms with van der Waals surface area (Å²) >= 11 is 0.